The minimum absolute atomic E-state index is 0.0827. The standard InChI is InChI=1S/C16H22BrNO/c1-13(12-18-10-4-2-3-5-11-18)16(19)14-6-8-15(17)9-7-14/h6-9,13H,2-5,10-12H2,1H3. The van der Waals surface area contributed by atoms with Crippen LogP contribution in [0.25, 0.3) is 0 Å². The maximum absolute atomic E-state index is 12.4. The van der Waals surface area contributed by atoms with Crippen LogP contribution in [0.5, 0.6) is 0 Å². The highest BCUT2D eigenvalue weighted by Gasteiger charge is 2.19. The SMILES string of the molecule is CC(CN1CCCCCC1)C(=O)c1ccc(Br)cc1. The zero-order valence-corrected chi connectivity index (χ0v) is 13.2. The summed E-state index contributed by atoms with van der Waals surface area (Å²) in [6.07, 6.45) is 5.23. The van der Waals surface area contributed by atoms with Gasteiger partial charge in [-0.1, -0.05) is 47.8 Å². The van der Waals surface area contributed by atoms with Crippen LogP contribution in [-0.2, 0) is 0 Å². The van der Waals surface area contributed by atoms with Gasteiger partial charge >= 0.3 is 0 Å². The van der Waals surface area contributed by atoms with Gasteiger partial charge in [0, 0.05) is 22.5 Å². The van der Waals surface area contributed by atoms with Gasteiger partial charge in [-0.05, 0) is 38.1 Å². The molecule has 1 atom stereocenters. The number of rotatable bonds is 4. The first-order valence-electron chi connectivity index (χ1n) is 7.19. The number of hydrogen-bond donors (Lipinski definition) is 0. The van der Waals surface area contributed by atoms with E-state index in [2.05, 4.69) is 27.8 Å². The summed E-state index contributed by atoms with van der Waals surface area (Å²) in [4.78, 5) is 14.8. The molecule has 1 aliphatic rings. The van der Waals surface area contributed by atoms with Gasteiger partial charge in [0.2, 0.25) is 0 Å². The van der Waals surface area contributed by atoms with Crippen LogP contribution in [0.4, 0.5) is 0 Å². The lowest BCUT2D eigenvalue weighted by Gasteiger charge is -2.23. The molecule has 0 radical (unpaired) electrons. The minimum atomic E-state index is 0.0827. The first-order chi connectivity index (χ1) is 9.16. The zero-order chi connectivity index (χ0) is 13.7. The second-order valence-electron chi connectivity index (χ2n) is 5.49. The minimum Gasteiger partial charge on any atom is -0.303 e. The number of hydrogen-bond acceptors (Lipinski definition) is 2. The van der Waals surface area contributed by atoms with Crippen LogP contribution >= 0.6 is 15.9 Å². The average molecular weight is 324 g/mol. The molecule has 1 fully saturated rings. The number of halogens is 1. The Morgan fingerprint density at radius 2 is 1.74 bits per heavy atom. The monoisotopic (exact) mass is 323 g/mol. The number of likely N-dealkylation sites (tertiary alicyclic amines) is 1. The summed E-state index contributed by atoms with van der Waals surface area (Å²) in [5.41, 5.74) is 0.825. The third-order valence-corrected chi connectivity index (χ3v) is 4.34. The molecule has 0 spiro atoms. The normalized spacial score (nSPS) is 18.8. The maximum Gasteiger partial charge on any atom is 0.166 e. The first-order valence-corrected chi connectivity index (χ1v) is 7.98. The summed E-state index contributed by atoms with van der Waals surface area (Å²) in [5.74, 6) is 0.344. The van der Waals surface area contributed by atoms with Crippen molar-refractivity contribution in [1.82, 2.24) is 4.90 Å². The third kappa shape index (κ3) is 4.43. The van der Waals surface area contributed by atoms with E-state index in [0.29, 0.717) is 0 Å². The Balaban J connectivity index is 1.92. The molecule has 2 nitrogen and oxygen atoms in total. The Morgan fingerprint density at radius 3 is 2.32 bits per heavy atom. The van der Waals surface area contributed by atoms with Crippen molar-refractivity contribution in [3.05, 3.63) is 34.3 Å². The molecule has 3 heteroatoms. The van der Waals surface area contributed by atoms with Crippen molar-refractivity contribution in [3.63, 3.8) is 0 Å². The Bertz CT molecular complexity index is 407. The molecule has 1 saturated heterocycles. The van der Waals surface area contributed by atoms with E-state index in [4.69, 9.17) is 0 Å². The van der Waals surface area contributed by atoms with Gasteiger partial charge in [-0.2, -0.15) is 0 Å². The van der Waals surface area contributed by atoms with Gasteiger partial charge < -0.3 is 4.90 Å². The summed E-state index contributed by atoms with van der Waals surface area (Å²) >= 11 is 3.40. The molecule has 2 rings (SSSR count). The third-order valence-electron chi connectivity index (χ3n) is 3.81. The molecule has 1 unspecified atom stereocenters. The van der Waals surface area contributed by atoms with E-state index in [0.717, 1.165) is 29.7 Å². The van der Waals surface area contributed by atoms with Gasteiger partial charge in [-0.3, -0.25) is 4.79 Å². The highest BCUT2D eigenvalue weighted by atomic mass is 79.9. The van der Waals surface area contributed by atoms with Crippen molar-refractivity contribution < 1.29 is 4.79 Å². The molecular formula is C16H22BrNO. The summed E-state index contributed by atoms with van der Waals surface area (Å²) in [6, 6.07) is 7.69. The number of carbonyl (C=O) groups is 1. The molecular weight excluding hydrogens is 302 g/mol. The van der Waals surface area contributed by atoms with Crippen molar-refractivity contribution in [1.29, 1.82) is 0 Å². The summed E-state index contributed by atoms with van der Waals surface area (Å²) in [6.45, 7) is 5.25. The average Bonchev–Trinajstić information content (AvgIpc) is 2.67. The van der Waals surface area contributed by atoms with Gasteiger partial charge in [0.1, 0.15) is 0 Å². The van der Waals surface area contributed by atoms with Crippen LogP contribution in [0.15, 0.2) is 28.7 Å². The van der Waals surface area contributed by atoms with E-state index >= 15 is 0 Å². The fourth-order valence-corrected chi connectivity index (χ4v) is 2.95. The Morgan fingerprint density at radius 1 is 1.16 bits per heavy atom. The molecule has 1 aromatic rings. The highest BCUT2D eigenvalue weighted by molar-refractivity contribution is 9.10. The van der Waals surface area contributed by atoms with Gasteiger partial charge in [0.05, 0.1) is 0 Å². The van der Waals surface area contributed by atoms with E-state index in [1.165, 1.54) is 25.7 Å². The van der Waals surface area contributed by atoms with Crippen LogP contribution in [-0.4, -0.2) is 30.3 Å². The molecule has 0 aliphatic carbocycles. The zero-order valence-electron chi connectivity index (χ0n) is 11.6. The van der Waals surface area contributed by atoms with Crippen LogP contribution in [0, 0.1) is 5.92 Å². The summed E-state index contributed by atoms with van der Waals surface area (Å²) < 4.78 is 1.02. The predicted molar refractivity (Wildman–Crippen MR) is 82.5 cm³/mol. The number of nitrogens with zero attached hydrogens (tertiary/aromatic N) is 1. The van der Waals surface area contributed by atoms with E-state index in [1.54, 1.807) is 0 Å². The van der Waals surface area contributed by atoms with Crippen LogP contribution in [0.2, 0.25) is 0 Å². The second-order valence-corrected chi connectivity index (χ2v) is 6.40. The Labute approximate surface area is 124 Å². The molecule has 0 bridgehead atoms. The van der Waals surface area contributed by atoms with E-state index in [1.807, 2.05) is 24.3 Å². The number of carbonyl (C=O) groups excluding carboxylic acids is 1. The molecule has 104 valence electrons. The summed E-state index contributed by atoms with van der Waals surface area (Å²) in [7, 11) is 0. The van der Waals surface area contributed by atoms with Gasteiger partial charge in [0.15, 0.2) is 5.78 Å². The fraction of sp³-hybridized carbons (Fsp3) is 0.562. The maximum atomic E-state index is 12.4. The lowest BCUT2D eigenvalue weighted by Crippen LogP contribution is -2.32. The highest BCUT2D eigenvalue weighted by Crippen LogP contribution is 2.16. The fourth-order valence-electron chi connectivity index (χ4n) is 2.69. The molecule has 0 saturated carbocycles. The van der Waals surface area contributed by atoms with Crippen LogP contribution < -0.4 is 0 Å². The van der Waals surface area contributed by atoms with Gasteiger partial charge in [-0.25, -0.2) is 0 Å². The van der Waals surface area contributed by atoms with Crippen molar-refractivity contribution >= 4 is 21.7 Å². The van der Waals surface area contributed by atoms with Crippen LogP contribution in [0.3, 0.4) is 0 Å². The molecule has 0 N–H and O–H groups in total. The molecule has 19 heavy (non-hydrogen) atoms. The van der Waals surface area contributed by atoms with E-state index < -0.39 is 0 Å². The second kappa shape index (κ2) is 7.20. The lowest BCUT2D eigenvalue weighted by molar-refractivity contribution is 0.0895. The van der Waals surface area contributed by atoms with E-state index in [-0.39, 0.29) is 11.7 Å². The largest absolute Gasteiger partial charge is 0.303 e. The van der Waals surface area contributed by atoms with Gasteiger partial charge in [-0.15, -0.1) is 0 Å². The molecule has 0 aromatic heterocycles. The number of Topliss-reactive ketones (excluding diaryl/α,β-unsaturated/α-hetero) is 1. The van der Waals surface area contributed by atoms with Crippen molar-refractivity contribution in [3.8, 4) is 0 Å². The van der Waals surface area contributed by atoms with Crippen molar-refractivity contribution in [2.75, 3.05) is 19.6 Å². The molecule has 0 amide bonds. The predicted octanol–water partition coefficient (Wildman–Crippen LogP) is 4.14. The summed E-state index contributed by atoms with van der Waals surface area (Å²) in [5, 5.41) is 0. The van der Waals surface area contributed by atoms with E-state index in [9.17, 15) is 4.79 Å². The first kappa shape index (κ1) is 14.7. The number of ketones is 1. The topological polar surface area (TPSA) is 20.3 Å². The molecule has 1 aliphatic heterocycles. The van der Waals surface area contributed by atoms with Crippen molar-refractivity contribution in [2.24, 2.45) is 5.92 Å². The molecule has 1 heterocycles. The molecule has 1 aromatic carbocycles. The lowest BCUT2D eigenvalue weighted by atomic mass is 9.99. The van der Waals surface area contributed by atoms with Crippen LogP contribution in [0.1, 0.15) is 43.0 Å². The van der Waals surface area contributed by atoms with Gasteiger partial charge in [0.25, 0.3) is 0 Å². The Kier molecular flexibility index (Phi) is 5.59. The smallest absolute Gasteiger partial charge is 0.166 e. The quantitative estimate of drug-likeness (QED) is 0.776. The number of benzene rings is 1. The Hall–Kier alpha value is -0.670. The van der Waals surface area contributed by atoms with Crippen molar-refractivity contribution in [2.45, 2.75) is 32.6 Å².